The van der Waals surface area contributed by atoms with E-state index >= 15 is 0 Å². The molecule has 102 valence electrons. The minimum atomic E-state index is -0.0950. The number of rotatable bonds is 4. The molecule has 1 fully saturated rings. The van der Waals surface area contributed by atoms with Crippen molar-refractivity contribution in [1.82, 2.24) is 14.9 Å². The van der Waals surface area contributed by atoms with Gasteiger partial charge in [0, 0.05) is 12.1 Å². The third-order valence-corrected chi connectivity index (χ3v) is 3.77. The summed E-state index contributed by atoms with van der Waals surface area (Å²) in [7, 11) is 0. The molecule has 2 aromatic rings. The smallest absolute Gasteiger partial charge is 0.243 e. The second-order valence-corrected chi connectivity index (χ2v) is 5.09. The predicted octanol–water partition coefficient (Wildman–Crippen LogP) is 2.56. The van der Waals surface area contributed by atoms with E-state index < -0.39 is 0 Å². The fraction of sp³-hybridized carbons (Fsp3) is 0.250. The van der Waals surface area contributed by atoms with Crippen LogP contribution in [0.1, 0.15) is 18.9 Å². The van der Waals surface area contributed by atoms with Gasteiger partial charge in [0.2, 0.25) is 5.91 Å². The molecule has 1 aromatic heterocycles. The van der Waals surface area contributed by atoms with Crippen molar-refractivity contribution in [1.29, 1.82) is 0 Å². The van der Waals surface area contributed by atoms with Crippen molar-refractivity contribution in [3.8, 4) is 11.3 Å². The molecule has 1 saturated carbocycles. The van der Waals surface area contributed by atoms with Crippen LogP contribution in [0, 0.1) is 0 Å². The van der Waals surface area contributed by atoms with E-state index in [1.165, 1.54) is 11.6 Å². The van der Waals surface area contributed by atoms with Crippen LogP contribution in [-0.4, -0.2) is 21.5 Å². The van der Waals surface area contributed by atoms with Gasteiger partial charge in [-0.15, -0.1) is 0 Å². The lowest BCUT2D eigenvalue weighted by atomic mass is 9.86. The fourth-order valence-corrected chi connectivity index (χ4v) is 2.62. The van der Waals surface area contributed by atoms with Crippen molar-refractivity contribution < 1.29 is 4.79 Å². The molecule has 0 unspecified atom stereocenters. The van der Waals surface area contributed by atoms with Crippen LogP contribution in [-0.2, 0) is 4.79 Å². The monoisotopic (exact) mass is 267 g/mol. The molecule has 0 aliphatic heterocycles. The number of carbonyl (C=O) groups is 1. The maximum Gasteiger partial charge on any atom is 0.243 e. The molecule has 0 bridgehead atoms. The van der Waals surface area contributed by atoms with Crippen LogP contribution in [0.25, 0.3) is 11.3 Å². The molecular formula is C16H17N3O. The largest absolute Gasteiger partial charge is 0.350 e. The third kappa shape index (κ3) is 2.37. The zero-order valence-electron chi connectivity index (χ0n) is 11.2. The van der Waals surface area contributed by atoms with Gasteiger partial charge in [0.05, 0.1) is 18.2 Å². The second kappa shape index (κ2) is 5.33. The Morgan fingerprint density at radius 2 is 2.10 bits per heavy atom. The van der Waals surface area contributed by atoms with Gasteiger partial charge in [-0.25, -0.2) is 4.98 Å². The topological polar surface area (TPSA) is 46.9 Å². The van der Waals surface area contributed by atoms with E-state index in [2.05, 4.69) is 33.6 Å². The SMILES string of the molecule is C=CC(=O)NC1CC(n2cncc2-c2ccccc2)C1. The average molecular weight is 267 g/mol. The maximum atomic E-state index is 11.2. The summed E-state index contributed by atoms with van der Waals surface area (Å²) in [5.74, 6) is -0.0950. The number of benzene rings is 1. The van der Waals surface area contributed by atoms with Crippen molar-refractivity contribution in [3.63, 3.8) is 0 Å². The van der Waals surface area contributed by atoms with Gasteiger partial charge in [0.1, 0.15) is 0 Å². The number of amides is 1. The van der Waals surface area contributed by atoms with Gasteiger partial charge in [0.15, 0.2) is 0 Å². The molecule has 0 saturated heterocycles. The van der Waals surface area contributed by atoms with Crippen molar-refractivity contribution in [2.75, 3.05) is 0 Å². The van der Waals surface area contributed by atoms with Crippen LogP contribution in [0.5, 0.6) is 0 Å². The van der Waals surface area contributed by atoms with Crippen molar-refractivity contribution in [2.45, 2.75) is 24.9 Å². The minimum absolute atomic E-state index is 0.0950. The summed E-state index contributed by atoms with van der Waals surface area (Å²) >= 11 is 0. The molecular weight excluding hydrogens is 250 g/mol. The van der Waals surface area contributed by atoms with Gasteiger partial charge >= 0.3 is 0 Å². The fourth-order valence-electron chi connectivity index (χ4n) is 2.62. The van der Waals surface area contributed by atoms with E-state index in [1.807, 2.05) is 30.7 Å². The summed E-state index contributed by atoms with van der Waals surface area (Å²) < 4.78 is 2.20. The van der Waals surface area contributed by atoms with Crippen molar-refractivity contribution in [3.05, 3.63) is 55.5 Å². The predicted molar refractivity (Wildman–Crippen MR) is 78.1 cm³/mol. The number of imidazole rings is 1. The van der Waals surface area contributed by atoms with E-state index in [-0.39, 0.29) is 11.9 Å². The molecule has 1 aromatic carbocycles. The number of carbonyl (C=O) groups excluding carboxylic acids is 1. The summed E-state index contributed by atoms with van der Waals surface area (Å²) in [6.45, 7) is 3.47. The number of hydrogen-bond donors (Lipinski definition) is 1. The second-order valence-electron chi connectivity index (χ2n) is 5.09. The Balaban J connectivity index is 1.70. The quantitative estimate of drug-likeness (QED) is 0.865. The summed E-state index contributed by atoms with van der Waals surface area (Å²) in [6.07, 6.45) is 6.97. The molecule has 3 rings (SSSR count). The van der Waals surface area contributed by atoms with E-state index in [4.69, 9.17) is 0 Å². The Bertz CT molecular complexity index is 612. The Kier molecular flexibility index (Phi) is 3.37. The zero-order valence-corrected chi connectivity index (χ0v) is 11.2. The normalized spacial score (nSPS) is 21.0. The first-order chi connectivity index (χ1) is 9.78. The number of nitrogens with zero attached hydrogens (tertiary/aromatic N) is 2. The molecule has 1 aliphatic rings. The average Bonchev–Trinajstić information content (AvgIpc) is 2.91. The molecule has 0 radical (unpaired) electrons. The Labute approximate surface area is 118 Å². The van der Waals surface area contributed by atoms with Crippen molar-refractivity contribution >= 4 is 5.91 Å². The highest BCUT2D eigenvalue weighted by molar-refractivity contribution is 5.87. The molecule has 0 atom stereocenters. The standard InChI is InChI=1S/C16H17N3O/c1-2-16(20)18-13-8-14(9-13)19-11-17-10-15(19)12-6-4-3-5-7-12/h2-7,10-11,13-14H,1,8-9H2,(H,18,20). The van der Waals surface area contributed by atoms with Crippen LogP contribution < -0.4 is 5.32 Å². The number of nitrogens with one attached hydrogen (secondary N) is 1. The van der Waals surface area contributed by atoms with Gasteiger partial charge in [-0.1, -0.05) is 36.9 Å². The molecule has 20 heavy (non-hydrogen) atoms. The lowest BCUT2D eigenvalue weighted by Gasteiger charge is -2.37. The van der Waals surface area contributed by atoms with Crippen LogP contribution in [0.3, 0.4) is 0 Å². The molecule has 4 nitrogen and oxygen atoms in total. The van der Waals surface area contributed by atoms with Gasteiger partial charge in [-0.05, 0) is 24.5 Å². The van der Waals surface area contributed by atoms with Gasteiger partial charge in [-0.3, -0.25) is 4.79 Å². The van der Waals surface area contributed by atoms with E-state index in [0.717, 1.165) is 18.5 Å². The first-order valence-electron chi connectivity index (χ1n) is 6.78. The summed E-state index contributed by atoms with van der Waals surface area (Å²) in [5, 5.41) is 2.93. The molecule has 1 heterocycles. The Hall–Kier alpha value is -2.36. The van der Waals surface area contributed by atoms with Crippen LogP contribution in [0.2, 0.25) is 0 Å². The molecule has 0 spiro atoms. The van der Waals surface area contributed by atoms with Gasteiger partial charge in [0.25, 0.3) is 0 Å². The molecule has 1 N–H and O–H groups in total. The lowest BCUT2D eigenvalue weighted by Crippen LogP contribution is -2.44. The molecule has 1 aliphatic carbocycles. The highest BCUT2D eigenvalue weighted by Gasteiger charge is 2.32. The lowest BCUT2D eigenvalue weighted by molar-refractivity contribution is -0.117. The Morgan fingerprint density at radius 3 is 2.80 bits per heavy atom. The summed E-state index contributed by atoms with van der Waals surface area (Å²) in [6, 6.07) is 10.9. The van der Waals surface area contributed by atoms with E-state index in [0.29, 0.717) is 6.04 Å². The first-order valence-corrected chi connectivity index (χ1v) is 6.78. The van der Waals surface area contributed by atoms with E-state index in [1.54, 1.807) is 0 Å². The zero-order chi connectivity index (χ0) is 13.9. The summed E-state index contributed by atoms with van der Waals surface area (Å²) in [4.78, 5) is 15.5. The number of hydrogen-bond acceptors (Lipinski definition) is 2. The summed E-state index contributed by atoms with van der Waals surface area (Å²) in [5.41, 5.74) is 2.30. The van der Waals surface area contributed by atoms with Crippen LogP contribution in [0.4, 0.5) is 0 Å². The highest BCUT2D eigenvalue weighted by Crippen LogP contribution is 2.35. The minimum Gasteiger partial charge on any atom is -0.350 e. The maximum absolute atomic E-state index is 11.2. The molecule has 4 heteroatoms. The van der Waals surface area contributed by atoms with Gasteiger partial charge < -0.3 is 9.88 Å². The van der Waals surface area contributed by atoms with E-state index in [9.17, 15) is 4.79 Å². The van der Waals surface area contributed by atoms with Crippen molar-refractivity contribution in [2.24, 2.45) is 0 Å². The van der Waals surface area contributed by atoms with Crippen LogP contribution >= 0.6 is 0 Å². The highest BCUT2D eigenvalue weighted by atomic mass is 16.1. The van der Waals surface area contributed by atoms with Gasteiger partial charge in [-0.2, -0.15) is 0 Å². The third-order valence-electron chi connectivity index (χ3n) is 3.77. The number of aromatic nitrogens is 2. The van der Waals surface area contributed by atoms with Crippen LogP contribution in [0.15, 0.2) is 55.5 Å². The molecule has 1 amide bonds. The Morgan fingerprint density at radius 1 is 1.35 bits per heavy atom. The first kappa shape index (κ1) is 12.7.